The average molecular weight is 912 g/mol. The number of esters is 4. The van der Waals surface area contributed by atoms with E-state index in [0.717, 1.165) is 59.9 Å². The van der Waals surface area contributed by atoms with Gasteiger partial charge in [-0.2, -0.15) is 5.26 Å². The molecule has 2 unspecified atom stereocenters. The summed E-state index contributed by atoms with van der Waals surface area (Å²) >= 11 is 3.99. The maximum Gasteiger partial charge on any atom is 0.350 e. The molecule has 2 atom stereocenters. The van der Waals surface area contributed by atoms with Gasteiger partial charge in [-0.3, -0.25) is 19.2 Å². The summed E-state index contributed by atoms with van der Waals surface area (Å²) in [4.78, 5) is 81.8. The molecule has 1 aromatic rings. The van der Waals surface area contributed by atoms with Gasteiger partial charge in [-0.15, -0.1) is 13.2 Å². The van der Waals surface area contributed by atoms with Crippen LogP contribution >= 0.6 is 47.0 Å². The summed E-state index contributed by atoms with van der Waals surface area (Å²) in [6, 6.07) is 1.91. The van der Waals surface area contributed by atoms with Crippen molar-refractivity contribution < 1.29 is 47.7 Å². The predicted octanol–water partition coefficient (Wildman–Crippen LogP) is 9.38. The highest BCUT2D eigenvalue weighted by molar-refractivity contribution is 8.26. The minimum Gasteiger partial charge on any atom is -0.459 e. The van der Waals surface area contributed by atoms with Crippen molar-refractivity contribution >= 4 is 82.7 Å². The third-order valence-corrected chi connectivity index (χ3v) is 14.0. The molecule has 1 aromatic carbocycles. The van der Waals surface area contributed by atoms with Crippen LogP contribution in [-0.2, 0) is 38.2 Å². The summed E-state index contributed by atoms with van der Waals surface area (Å²) in [6.07, 6.45) is 4.58. The van der Waals surface area contributed by atoms with Gasteiger partial charge < -0.3 is 18.9 Å². The molecule has 1 fully saturated rings. The molecule has 0 aromatic heterocycles. The Morgan fingerprint density at radius 1 is 0.721 bits per heavy atom. The molecule has 3 heterocycles. The first-order valence-electron chi connectivity index (χ1n) is 19.6. The number of nitrogens with zero attached hydrogens (tertiary/aromatic N) is 3. The number of benzene rings is 1. The highest BCUT2D eigenvalue weighted by atomic mass is 32.2. The van der Waals surface area contributed by atoms with E-state index in [0.29, 0.717) is 19.6 Å². The van der Waals surface area contributed by atoms with E-state index in [4.69, 9.17) is 18.9 Å². The monoisotopic (exact) mass is 911 g/mol. The number of hydrogen-bond acceptors (Lipinski definition) is 15. The lowest BCUT2D eigenvalue weighted by molar-refractivity contribution is -0.147. The SMILES string of the molecule is C=CCN1C(=O)C(=C2Sc3c(OC(=O)CC(C)CC(C)(C)C)c4c(c(OC(=O)CC(C)CC(C)(C)C)c3S2)SC(=C(C#N)C(=O)OCCOC(=O)C(=C)C)S4)C(=O)N1CC=C. The predicted molar refractivity (Wildman–Crippen MR) is 237 cm³/mol. The number of nitriles is 1. The maximum absolute atomic E-state index is 13.9. The van der Waals surface area contributed by atoms with E-state index >= 15 is 0 Å². The molecule has 4 rings (SSSR count). The number of thioether (sulfide) groups is 4. The Kier molecular flexibility index (Phi) is 16.7. The Balaban J connectivity index is 1.88. The lowest BCUT2D eigenvalue weighted by Crippen LogP contribution is -2.40. The fourth-order valence-electron chi connectivity index (χ4n) is 6.90. The quantitative estimate of drug-likeness (QED) is 0.0275. The lowest BCUT2D eigenvalue weighted by Gasteiger charge is -2.24. The van der Waals surface area contributed by atoms with Crippen molar-refractivity contribution in [3.8, 4) is 17.6 Å². The first-order chi connectivity index (χ1) is 28.5. The minimum atomic E-state index is -0.990. The van der Waals surface area contributed by atoms with Crippen LogP contribution in [0.1, 0.15) is 88.0 Å². The van der Waals surface area contributed by atoms with Crippen molar-refractivity contribution in [2.45, 2.75) is 108 Å². The van der Waals surface area contributed by atoms with Gasteiger partial charge in [0.1, 0.15) is 24.9 Å². The number of carbonyl (C=O) groups excluding carboxylic acids is 6. The topological polar surface area (TPSA) is 170 Å². The normalized spacial score (nSPS) is 15.8. The van der Waals surface area contributed by atoms with Crippen LogP contribution in [0.5, 0.6) is 11.5 Å². The second-order valence-corrected chi connectivity index (χ2v) is 21.9. The molecule has 0 N–H and O–H groups in total. The zero-order valence-corrected chi connectivity index (χ0v) is 39.4. The summed E-state index contributed by atoms with van der Waals surface area (Å²) in [5.74, 6) is -3.86. The van der Waals surface area contributed by atoms with E-state index in [-0.39, 0.29) is 98.5 Å². The lowest BCUT2D eigenvalue weighted by atomic mass is 9.84. The molecule has 3 aliphatic heterocycles. The molecule has 3 aliphatic rings. The fourth-order valence-corrected chi connectivity index (χ4v) is 12.3. The van der Waals surface area contributed by atoms with Gasteiger partial charge in [0.2, 0.25) is 0 Å². The van der Waals surface area contributed by atoms with Crippen LogP contribution in [0.15, 0.2) is 76.7 Å². The molecule has 328 valence electrons. The van der Waals surface area contributed by atoms with Gasteiger partial charge in [-0.05, 0) is 42.4 Å². The molecule has 1 saturated heterocycles. The standard InChI is InChI=1S/C44H53N3O10S4/c1-13-15-46-37(50)30(38(51)47(46)16-14-2)42-60-35-31(56-28(48)19-25(5)21-43(7,8)9)33-34(32(36(35)61-42)57-29(49)20-26(6)22-44(10,11)12)59-41(58-33)27(23-45)40(53)55-18-17-54-39(52)24(3)4/h13-14,25-26H,1-3,15-22H2,4-12H3. The number of amides is 2. The van der Waals surface area contributed by atoms with Crippen molar-refractivity contribution in [1.29, 1.82) is 5.26 Å². The minimum absolute atomic E-state index is 0.0582. The van der Waals surface area contributed by atoms with Gasteiger partial charge in [0, 0.05) is 18.4 Å². The number of ether oxygens (including phenoxy) is 4. The summed E-state index contributed by atoms with van der Waals surface area (Å²) in [5, 5.41) is 12.8. The number of carbonyl (C=O) groups is 6. The van der Waals surface area contributed by atoms with Crippen LogP contribution < -0.4 is 9.47 Å². The van der Waals surface area contributed by atoms with Gasteiger partial charge in [0.05, 0.1) is 41.1 Å². The molecule has 61 heavy (non-hydrogen) atoms. The van der Waals surface area contributed by atoms with E-state index in [9.17, 15) is 34.0 Å². The molecule has 17 heteroatoms. The van der Waals surface area contributed by atoms with Gasteiger partial charge in [0.15, 0.2) is 17.1 Å². The molecule has 0 bridgehead atoms. The Morgan fingerprint density at radius 3 is 1.48 bits per heavy atom. The Hall–Kier alpha value is -4.37. The van der Waals surface area contributed by atoms with Crippen LogP contribution in [0.25, 0.3) is 0 Å². The molecule has 0 spiro atoms. The van der Waals surface area contributed by atoms with Crippen LogP contribution in [-0.4, -0.2) is 72.0 Å². The highest BCUT2D eigenvalue weighted by Crippen LogP contribution is 2.68. The van der Waals surface area contributed by atoms with Gasteiger partial charge >= 0.3 is 23.9 Å². The van der Waals surface area contributed by atoms with Crippen molar-refractivity contribution in [2.75, 3.05) is 26.3 Å². The molecular formula is C44H53N3O10S4. The second kappa shape index (κ2) is 20.7. The zero-order valence-electron chi connectivity index (χ0n) is 36.1. The number of hydrogen-bond donors (Lipinski definition) is 0. The van der Waals surface area contributed by atoms with Crippen LogP contribution in [0.2, 0.25) is 0 Å². The summed E-state index contributed by atoms with van der Waals surface area (Å²) in [7, 11) is 0. The summed E-state index contributed by atoms with van der Waals surface area (Å²) in [6.45, 7) is 28.3. The van der Waals surface area contributed by atoms with Crippen molar-refractivity contribution in [1.82, 2.24) is 10.0 Å². The summed E-state index contributed by atoms with van der Waals surface area (Å²) < 4.78 is 23.2. The highest BCUT2D eigenvalue weighted by Gasteiger charge is 2.46. The van der Waals surface area contributed by atoms with Crippen molar-refractivity contribution in [3.63, 3.8) is 0 Å². The Labute approximate surface area is 375 Å². The van der Waals surface area contributed by atoms with Crippen LogP contribution in [0, 0.1) is 34.0 Å². The third-order valence-electron chi connectivity index (χ3n) is 8.81. The second-order valence-electron chi connectivity index (χ2n) is 17.3. The molecule has 2 amide bonds. The van der Waals surface area contributed by atoms with Gasteiger partial charge in [0.25, 0.3) is 11.8 Å². The molecule has 0 radical (unpaired) electrons. The van der Waals surface area contributed by atoms with Gasteiger partial charge in [-0.1, -0.05) is 121 Å². The van der Waals surface area contributed by atoms with E-state index < -0.39 is 35.7 Å². The summed E-state index contributed by atoms with van der Waals surface area (Å²) in [5.41, 5.74) is -0.455. The zero-order chi connectivity index (χ0) is 45.6. The third kappa shape index (κ3) is 12.6. The first kappa shape index (κ1) is 49.3. The largest absolute Gasteiger partial charge is 0.459 e. The molecule has 0 aliphatic carbocycles. The first-order valence-corrected chi connectivity index (χ1v) is 22.9. The maximum atomic E-state index is 13.9. The number of rotatable bonds is 17. The van der Waals surface area contributed by atoms with E-state index in [2.05, 4.69) is 61.3 Å². The smallest absolute Gasteiger partial charge is 0.350 e. The van der Waals surface area contributed by atoms with Crippen molar-refractivity contribution in [3.05, 3.63) is 57.1 Å². The van der Waals surface area contributed by atoms with E-state index in [1.165, 1.54) is 29.1 Å². The fraction of sp³-hybridized carbons (Fsp3) is 0.477. The average Bonchev–Trinajstić information content (AvgIpc) is 3.82. The van der Waals surface area contributed by atoms with E-state index in [1.54, 1.807) is 0 Å². The van der Waals surface area contributed by atoms with E-state index in [1.807, 2.05) is 19.9 Å². The van der Waals surface area contributed by atoms with Crippen molar-refractivity contribution in [2.24, 2.45) is 22.7 Å². The van der Waals surface area contributed by atoms with Crippen LogP contribution in [0.3, 0.4) is 0 Å². The van der Waals surface area contributed by atoms with Gasteiger partial charge in [-0.25, -0.2) is 19.6 Å². The number of fused-ring (bicyclic) bond motifs is 2. The molecule has 13 nitrogen and oxygen atoms in total. The Bertz CT molecular complexity index is 2030. The van der Waals surface area contributed by atoms with Crippen LogP contribution in [0.4, 0.5) is 0 Å². The molecule has 0 saturated carbocycles. The molecular weight excluding hydrogens is 859 g/mol. The number of hydrazine groups is 1. The Morgan fingerprint density at radius 2 is 1.11 bits per heavy atom.